The first-order chi connectivity index (χ1) is 11.5. The van der Waals surface area contributed by atoms with Gasteiger partial charge in [-0.05, 0) is 36.8 Å². The van der Waals surface area contributed by atoms with E-state index in [0.29, 0.717) is 22.7 Å². The van der Waals surface area contributed by atoms with Crippen LogP contribution < -0.4 is 5.32 Å². The normalized spacial score (nSPS) is 10.6. The molecule has 0 radical (unpaired) electrons. The molecule has 1 aromatic heterocycles. The Labute approximate surface area is 143 Å². The Bertz CT molecular complexity index is 894. The Kier molecular flexibility index (Phi) is 4.57. The molecule has 2 aromatic carbocycles. The van der Waals surface area contributed by atoms with E-state index in [4.69, 9.17) is 11.6 Å². The zero-order valence-corrected chi connectivity index (χ0v) is 13.6. The van der Waals surface area contributed by atoms with Gasteiger partial charge in [-0.3, -0.25) is 10.1 Å². The van der Waals surface area contributed by atoms with E-state index < -0.39 is 5.82 Å². The van der Waals surface area contributed by atoms with Crippen molar-refractivity contribution >= 4 is 23.5 Å². The highest BCUT2D eigenvalue weighted by atomic mass is 35.5. The van der Waals surface area contributed by atoms with Gasteiger partial charge in [0.05, 0.1) is 6.54 Å². The molecule has 7 heteroatoms. The second-order valence-electron chi connectivity index (χ2n) is 5.33. The SMILES string of the molecule is Cc1cccc(C(=O)Nc2ncn(Cc3ccc(F)cc3Cl)n2)c1. The minimum atomic E-state index is -0.395. The lowest BCUT2D eigenvalue weighted by molar-refractivity contribution is 0.102. The number of hydrogen-bond donors (Lipinski definition) is 1. The Hall–Kier alpha value is -2.73. The first-order valence-corrected chi connectivity index (χ1v) is 7.60. The summed E-state index contributed by atoms with van der Waals surface area (Å²) in [6, 6.07) is 11.4. The topological polar surface area (TPSA) is 59.8 Å². The van der Waals surface area contributed by atoms with Gasteiger partial charge >= 0.3 is 0 Å². The molecular weight excluding hydrogens is 331 g/mol. The number of halogens is 2. The van der Waals surface area contributed by atoms with Gasteiger partial charge in [-0.1, -0.05) is 35.4 Å². The van der Waals surface area contributed by atoms with Crippen LogP contribution in [0.2, 0.25) is 5.02 Å². The number of rotatable bonds is 4. The van der Waals surface area contributed by atoms with E-state index in [0.717, 1.165) is 5.56 Å². The van der Waals surface area contributed by atoms with E-state index in [1.54, 1.807) is 18.2 Å². The van der Waals surface area contributed by atoms with Crippen LogP contribution in [0.4, 0.5) is 10.3 Å². The van der Waals surface area contributed by atoms with Crippen molar-refractivity contribution in [3.05, 3.63) is 76.3 Å². The molecule has 0 aliphatic heterocycles. The fourth-order valence-electron chi connectivity index (χ4n) is 2.21. The number of aromatic nitrogens is 3. The van der Waals surface area contributed by atoms with E-state index in [2.05, 4.69) is 15.4 Å². The van der Waals surface area contributed by atoms with E-state index >= 15 is 0 Å². The van der Waals surface area contributed by atoms with Crippen molar-refractivity contribution < 1.29 is 9.18 Å². The van der Waals surface area contributed by atoms with Crippen LogP contribution >= 0.6 is 11.6 Å². The first-order valence-electron chi connectivity index (χ1n) is 7.22. The maximum Gasteiger partial charge on any atom is 0.258 e. The predicted molar refractivity (Wildman–Crippen MR) is 89.7 cm³/mol. The number of nitrogens with one attached hydrogen (secondary N) is 1. The molecule has 0 fully saturated rings. The molecule has 0 unspecified atom stereocenters. The van der Waals surface area contributed by atoms with E-state index in [9.17, 15) is 9.18 Å². The quantitative estimate of drug-likeness (QED) is 0.785. The molecule has 0 bridgehead atoms. The minimum absolute atomic E-state index is 0.194. The Morgan fingerprint density at radius 2 is 2.12 bits per heavy atom. The van der Waals surface area contributed by atoms with Crippen LogP contribution in [0.5, 0.6) is 0 Å². The molecule has 0 spiro atoms. The number of aryl methyl sites for hydroxylation is 1. The lowest BCUT2D eigenvalue weighted by Gasteiger charge is -2.04. The van der Waals surface area contributed by atoms with Crippen LogP contribution in [0.15, 0.2) is 48.8 Å². The third kappa shape index (κ3) is 3.78. The van der Waals surface area contributed by atoms with Crippen LogP contribution in [0, 0.1) is 12.7 Å². The minimum Gasteiger partial charge on any atom is -0.289 e. The van der Waals surface area contributed by atoms with Crippen molar-refractivity contribution in [1.82, 2.24) is 14.8 Å². The summed E-state index contributed by atoms with van der Waals surface area (Å²) in [5.74, 6) is -0.482. The molecule has 0 aliphatic rings. The third-order valence-corrected chi connectivity index (χ3v) is 3.74. The fourth-order valence-corrected chi connectivity index (χ4v) is 2.44. The second kappa shape index (κ2) is 6.80. The summed E-state index contributed by atoms with van der Waals surface area (Å²) in [6.45, 7) is 2.24. The highest BCUT2D eigenvalue weighted by Gasteiger charge is 2.10. The van der Waals surface area contributed by atoms with Crippen LogP contribution in [-0.4, -0.2) is 20.7 Å². The van der Waals surface area contributed by atoms with Crippen molar-refractivity contribution in [1.29, 1.82) is 0 Å². The second-order valence-corrected chi connectivity index (χ2v) is 5.73. The van der Waals surface area contributed by atoms with E-state index in [1.165, 1.54) is 23.1 Å². The van der Waals surface area contributed by atoms with Crippen molar-refractivity contribution in [2.24, 2.45) is 0 Å². The summed E-state index contributed by atoms with van der Waals surface area (Å²) in [7, 11) is 0. The summed E-state index contributed by atoms with van der Waals surface area (Å²) in [6.07, 6.45) is 1.48. The summed E-state index contributed by atoms with van der Waals surface area (Å²) in [5, 5.41) is 7.13. The number of hydrogen-bond acceptors (Lipinski definition) is 3. The van der Waals surface area contributed by atoms with Crippen molar-refractivity contribution in [2.75, 3.05) is 5.32 Å². The molecule has 0 aliphatic carbocycles. The van der Waals surface area contributed by atoms with Gasteiger partial charge in [0.25, 0.3) is 5.91 Å². The first kappa shape index (κ1) is 16.1. The monoisotopic (exact) mass is 344 g/mol. The van der Waals surface area contributed by atoms with Crippen molar-refractivity contribution in [3.63, 3.8) is 0 Å². The summed E-state index contributed by atoms with van der Waals surface area (Å²) in [5.41, 5.74) is 2.24. The predicted octanol–water partition coefficient (Wildman–Crippen LogP) is 3.68. The molecule has 122 valence electrons. The zero-order valence-electron chi connectivity index (χ0n) is 12.8. The highest BCUT2D eigenvalue weighted by molar-refractivity contribution is 6.31. The van der Waals surface area contributed by atoms with Crippen LogP contribution in [0.3, 0.4) is 0 Å². The lowest BCUT2D eigenvalue weighted by atomic mass is 10.1. The number of carbonyl (C=O) groups is 1. The van der Waals surface area contributed by atoms with Gasteiger partial charge in [-0.25, -0.2) is 14.1 Å². The van der Waals surface area contributed by atoms with E-state index in [1.807, 2.05) is 19.1 Å². The molecule has 3 aromatic rings. The maximum atomic E-state index is 13.1. The van der Waals surface area contributed by atoms with E-state index in [-0.39, 0.29) is 11.9 Å². The van der Waals surface area contributed by atoms with Crippen molar-refractivity contribution in [3.8, 4) is 0 Å². The molecule has 1 amide bonds. The molecule has 1 heterocycles. The highest BCUT2D eigenvalue weighted by Crippen LogP contribution is 2.18. The summed E-state index contributed by atoms with van der Waals surface area (Å²) < 4.78 is 14.6. The molecule has 0 atom stereocenters. The summed E-state index contributed by atoms with van der Waals surface area (Å²) in [4.78, 5) is 16.2. The molecular formula is C17H14ClFN4O. The van der Waals surface area contributed by atoms with Gasteiger partial charge < -0.3 is 0 Å². The Morgan fingerprint density at radius 3 is 2.88 bits per heavy atom. The zero-order chi connectivity index (χ0) is 17.1. The average Bonchev–Trinajstić information content (AvgIpc) is 2.97. The Balaban J connectivity index is 1.70. The molecule has 0 saturated carbocycles. The largest absolute Gasteiger partial charge is 0.289 e. The van der Waals surface area contributed by atoms with Gasteiger partial charge in [0.15, 0.2) is 0 Å². The van der Waals surface area contributed by atoms with Crippen molar-refractivity contribution in [2.45, 2.75) is 13.5 Å². The number of carbonyl (C=O) groups excluding carboxylic acids is 1. The van der Waals surface area contributed by atoms with Gasteiger partial charge in [0, 0.05) is 10.6 Å². The van der Waals surface area contributed by atoms with Gasteiger partial charge in [0.1, 0.15) is 12.1 Å². The lowest BCUT2D eigenvalue weighted by Crippen LogP contribution is -2.13. The van der Waals surface area contributed by atoms with Crippen LogP contribution in [0.1, 0.15) is 21.5 Å². The number of anilines is 1. The smallest absolute Gasteiger partial charge is 0.258 e. The molecule has 3 rings (SSSR count). The van der Waals surface area contributed by atoms with Gasteiger partial charge in [-0.15, -0.1) is 5.10 Å². The average molecular weight is 345 g/mol. The summed E-state index contributed by atoms with van der Waals surface area (Å²) >= 11 is 5.99. The molecule has 1 N–H and O–H groups in total. The molecule has 5 nitrogen and oxygen atoms in total. The molecule has 0 saturated heterocycles. The number of benzene rings is 2. The van der Waals surface area contributed by atoms with Crippen LogP contribution in [-0.2, 0) is 6.54 Å². The Morgan fingerprint density at radius 1 is 1.29 bits per heavy atom. The number of amides is 1. The number of nitrogens with zero attached hydrogens (tertiary/aromatic N) is 3. The van der Waals surface area contributed by atoms with Gasteiger partial charge in [0.2, 0.25) is 5.95 Å². The standard InChI is InChI=1S/C17H14ClFN4O/c1-11-3-2-4-12(7-11)16(24)21-17-20-10-23(22-17)9-13-5-6-14(19)8-15(13)18/h2-8,10H,9H2,1H3,(H,21,22,24). The van der Waals surface area contributed by atoms with Crippen LogP contribution in [0.25, 0.3) is 0 Å². The molecule has 24 heavy (non-hydrogen) atoms. The van der Waals surface area contributed by atoms with Gasteiger partial charge in [-0.2, -0.15) is 0 Å². The third-order valence-electron chi connectivity index (χ3n) is 3.39. The maximum absolute atomic E-state index is 13.1. The fraction of sp³-hybridized carbons (Fsp3) is 0.118.